The molecule has 0 N–H and O–H groups in total. The summed E-state index contributed by atoms with van der Waals surface area (Å²) >= 11 is 6.18. The third-order valence-electron chi connectivity index (χ3n) is 8.77. The van der Waals surface area contributed by atoms with E-state index in [0.717, 1.165) is 31.5 Å². The highest BCUT2D eigenvalue weighted by molar-refractivity contribution is 6.31. The lowest BCUT2D eigenvalue weighted by Crippen LogP contribution is -2.44. The standard InChI is InChI=1S/C39H38ClN3O7/c1-3-33(43-23-36(48-2)32(21-37(43)45)31-20-30(40)16-15-29(31)22-41)35(44)19-26-11-13-28(14-12-26)38(46)50-25-34(42-17-7-8-18-42)39(47)49-24-27-9-5-4-6-10-27/h4-6,9-16,20-21,23,33-34H,3,7-8,17-19,24-25H2,1-2H3/t33?,34-/m0/s1. The maximum absolute atomic E-state index is 13.5. The van der Waals surface area contributed by atoms with Crippen LogP contribution < -0.4 is 10.3 Å². The Balaban J connectivity index is 1.24. The molecule has 2 atom stereocenters. The Kier molecular flexibility index (Phi) is 12.2. The van der Waals surface area contributed by atoms with Crippen molar-refractivity contribution in [3.8, 4) is 22.9 Å². The molecule has 1 fully saturated rings. The Bertz CT molecular complexity index is 1930. The zero-order chi connectivity index (χ0) is 35.6. The SMILES string of the molecule is CCC(C(=O)Cc1ccc(C(=O)OC[C@@H](C(=O)OCc2ccccc2)N2CCCC2)cc1)n1cc(OC)c(-c2cc(Cl)ccc2C#N)cc1=O. The highest BCUT2D eigenvalue weighted by Crippen LogP contribution is 2.33. The van der Waals surface area contributed by atoms with Crippen molar-refractivity contribution in [1.29, 1.82) is 5.26 Å². The van der Waals surface area contributed by atoms with E-state index in [1.165, 1.54) is 23.9 Å². The summed E-state index contributed by atoms with van der Waals surface area (Å²) in [5, 5.41) is 10.00. The first-order valence-electron chi connectivity index (χ1n) is 16.5. The van der Waals surface area contributed by atoms with Crippen LogP contribution in [0.3, 0.4) is 0 Å². The van der Waals surface area contributed by atoms with E-state index in [0.29, 0.717) is 39.4 Å². The number of benzene rings is 3. The molecule has 0 bridgehead atoms. The van der Waals surface area contributed by atoms with Gasteiger partial charge in [0.15, 0.2) is 5.78 Å². The quantitative estimate of drug-likeness (QED) is 0.142. The van der Waals surface area contributed by atoms with Gasteiger partial charge in [-0.2, -0.15) is 5.26 Å². The summed E-state index contributed by atoms with van der Waals surface area (Å²) in [7, 11) is 1.45. The number of nitrogens with zero attached hydrogens (tertiary/aromatic N) is 3. The number of carbonyl (C=O) groups is 3. The van der Waals surface area contributed by atoms with Gasteiger partial charge in [0.05, 0.1) is 36.5 Å². The Hall–Kier alpha value is -5.24. The lowest BCUT2D eigenvalue weighted by molar-refractivity contribution is -0.152. The van der Waals surface area contributed by atoms with Crippen LogP contribution in [0.5, 0.6) is 5.75 Å². The van der Waals surface area contributed by atoms with Gasteiger partial charge in [-0.15, -0.1) is 0 Å². The number of hydrogen-bond acceptors (Lipinski definition) is 9. The molecule has 258 valence electrons. The Morgan fingerprint density at radius 1 is 0.900 bits per heavy atom. The number of halogens is 1. The second-order valence-corrected chi connectivity index (χ2v) is 12.5. The van der Waals surface area contributed by atoms with Gasteiger partial charge >= 0.3 is 11.9 Å². The van der Waals surface area contributed by atoms with Gasteiger partial charge in [0.2, 0.25) is 0 Å². The fraction of sp³-hybridized carbons (Fsp3) is 0.308. The van der Waals surface area contributed by atoms with Gasteiger partial charge in [0.25, 0.3) is 5.56 Å². The molecule has 1 aromatic heterocycles. The van der Waals surface area contributed by atoms with Gasteiger partial charge < -0.3 is 18.8 Å². The third-order valence-corrected chi connectivity index (χ3v) is 9.00. The van der Waals surface area contributed by atoms with Gasteiger partial charge in [-0.25, -0.2) is 4.79 Å². The molecule has 1 unspecified atom stereocenters. The van der Waals surface area contributed by atoms with E-state index < -0.39 is 29.6 Å². The number of ketones is 1. The maximum atomic E-state index is 13.5. The summed E-state index contributed by atoms with van der Waals surface area (Å²) in [6.45, 7) is 3.24. The summed E-state index contributed by atoms with van der Waals surface area (Å²) in [4.78, 5) is 54.9. The van der Waals surface area contributed by atoms with Crippen molar-refractivity contribution in [1.82, 2.24) is 9.47 Å². The van der Waals surface area contributed by atoms with Crippen LogP contribution in [0.2, 0.25) is 5.02 Å². The molecule has 1 aliphatic heterocycles. The highest BCUT2D eigenvalue weighted by atomic mass is 35.5. The topological polar surface area (TPSA) is 128 Å². The Labute approximate surface area is 295 Å². The molecule has 2 heterocycles. The summed E-state index contributed by atoms with van der Waals surface area (Å²) in [6, 6.07) is 22.6. The van der Waals surface area contributed by atoms with Gasteiger partial charge in [-0.3, -0.25) is 19.3 Å². The molecule has 0 aliphatic carbocycles. The predicted molar refractivity (Wildman–Crippen MR) is 188 cm³/mol. The van der Waals surface area contributed by atoms with E-state index in [1.54, 1.807) is 42.5 Å². The van der Waals surface area contributed by atoms with Crippen LogP contribution in [0, 0.1) is 11.3 Å². The van der Waals surface area contributed by atoms with Crippen LogP contribution in [0.4, 0.5) is 0 Å². The number of hydrogen-bond donors (Lipinski definition) is 0. The Morgan fingerprint density at radius 3 is 2.28 bits per heavy atom. The number of methoxy groups -OCH3 is 1. The molecule has 3 aromatic carbocycles. The van der Waals surface area contributed by atoms with E-state index in [9.17, 15) is 24.4 Å². The van der Waals surface area contributed by atoms with Crippen molar-refractivity contribution in [2.24, 2.45) is 0 Å². The Morgan fingerprint density at radius 2 is 1.62 bits per heavy atom. The van der Waals surface area contributed by atoms with Crippen molar-refractivity contribution in [2.45, 2.75) is 51.3 Å². The normalized spacial score (nSPS) is 14.0. The number of Topliss-reactive ketones (excluding diaryl/α,β-unsaturated/α-hetero) is 1. The van der Waals surface area contributed by atoms with E-state index in [2.05, 4.69) is 6.07 Å². The van der Waals surface area contributed by atoms with E-state index in [1.807, 2.05) is 42.2 Å². The minimum absolute atomic E-state index is 0.0154. The smallest absolute Gasteiger partial charge is 0.338 e. The first-order valence-corrected chi connectivity index (χ1v) is 16.8. The van der Waals surface area contributed by atoms with Crippen LogP contribution in [0.25, 0.3) is 11.1 Å². The number of ether oxygens (including phenoxy) is 3. The first kappa shape index (κ1) is 36.1. The van der Waals surface area contributed by atoms with E-state index >= 15 is 0 Å². The summed E-state index contributed by atoms with van der Waals surface area (Å²) in [6.07, 6.45) is 3.75. The number of aromatic nitrogens is 1. The molecule has 1 saturated heterocycles. The van der Waals surface area contributed by atoms with E-state index in [-0.39, 0.29) is 31.0 Å². The monoisotopic (exact) mass is 695 g/mol. The molecule has 4 aromatic rings. The lowest BCUT2D eigenvalue weighted by atomic mass is 9.98. The van der Waals surface area contributed by atoms with E-state index in [4.69, 9.17) is 25.8 Å². The molecular weight excluding hydrogens is 658 g/mol. The summed E-state index contributed by atoms with van der Waals surface area (Å²) in [5.41, 5.74) is 2.55. The number of esters is 2. The van der Waals surface area contributed by atoms with Crippen LogP contribution in [-0.4, -0.2) is 60.0 Å². The van der Waals surface area contributed by atoms with Crippen molar-refractivity contribution >= 4 is 29.3 Å². The molecule has 0 saturated carbocycles. The fourth-order valence-electron chi connectivity index (χ4n) is 6.08. The molecule has 0 spiro atoms. The molecule has 1 aliphatic rings. The van der Waals surface area contributed by atoms with Gasteiger partial charge in [0, 0.05) is 28.6 Å². The van der Waals surface area contributed by atoms with Crippen molar-refractivity contribution in [3.63, 3.8) is 0 Å². The van der Waals surface area contributed by atoms with Crippen molar-refractivity contribution in [3.05, 3.63) is 123 Å². The number of likely N-dealkylation sites (tertiary alicyclic amines) is 1. The minimum Gasteiger partial charge on any atom is -0.495 e. The van der Waals surface area contributed by atoms with Gasteiger partial charge in [-0.1, -0.05) is 61.0 Å². The van der Waals surface area contributed by atoms with Crippen LogP contribution >= 0.6 is 11.6 Å². The molecule has 50 heavy (non-hydrogen) atoms. The fourth-order valence-corrected chi connectivity index (χ4v) is 6.25. The van der Waals surface area contributed by atoms with Crippen LogP contribution in [0.1, 0.15) is 59.3 Å². The zero-order valence-corrected chi connectivity index (χ0v) is 28.7. The summed E-state index contributed by atoms with van der Waals surface area (Å²) < 4.78 is 18.1. The maximum Gasteiger partial charge on any atom is 0.338 e. The zero-order valence-electron chi connectivity index (χ0n) is 28.0. The molecule has 5 rings (SSSR count). The van der Waals surface area contributed by atoms with Crippen LogP contribution in [0.15, 0.2) is 89.9 Å². The lowest BCUT2D eigenvalue weighted by Gasteiger charge is -2.25. The van der Waals surface area contributed by atoms with Gasteiger partial charge in [0.1, 0.15) is 25.0 Å². The first-order chi connectivity index (χ1) is 24.2. The average Bonchev–Trinajstić information content (AvgIpc) is 3.67. The number of carbonyl (C=O) groups excluding carboxylic acids is 3. The molecule has 10 nitrogen and oxygen atoms in total. The number of pyridine rings is 1. The highest BCUT2D eigenvalue weighted by Gasteiger charge is 2.31. The largest absolute Gasteiger partial charge is 0.495 e. The van der Waals surface area contributed by atoms with Crippen molar-refractivity contribution < 1.29 is 28.6 Å². The van der Waals surface area contributed by atoms with Gasteiger partial charge in [-0.05, 0) is 73.8 Å². The minimum atomic E-state index is -0.783. The summed E-state index contributed by atoms with van der Waals surface area (Å²) in [5.74, 6) is -0.922. The third kappa shape index (κ3) is 8.67. The number of nitriles is 1. The van der Waals surface area contributed by atoms with Crippen molar-refractivity contribution in [2.75, 3.05) is 26.8 Å². The molecule has 0 radical (unpaired) electrons. The molecule has 0 amide bonds. The van der Waals surface area contributed by atoms with Crippen LogP contribution in [-0.2, 0) is 32.1 Å². The number of rotatable bonds is 14. The average molecular weight is 696 g/mol. The second kappa shape index (κ2) is 16.9. The molecular formula is C39H38ClN3O7. The second-order valence-electron chi connectivity index (χ2n) is 12.0. The predicted octanol–water partition coefficient (Wildman–Crippen LogP) is 6.18. The molecule has 11 heteroatoms.